The maximum atomic E-state index is 13.5. The van der Waals surface area contributed by atoms with Crippen LogP contribution in [-0.4, -0.2) is 69.2 Å². The van der Waals surface area contributed by atoms with E-state index in [1.54, 1.807) is 35.4 Å². The summed E-state index contributed by atoms with van der Waals surface area (Å²) in [7, 11) is 1.24. The zero-order valence-corrected chi connectivity index (χ0v) is 19.9. The predicted molar refractivity (Wildman–Crippen MR) is 132 cm³/mol. The van der Waals surface area contributed by atoms with Crippen molar-refractivity contribution in [1.82, 2.24) is 19.6 Å². The minimum Gasteiger partial charge on any atom is -0.469 e. The van der Waals surface area contributed by atoms with E-state index in [0.717, 1.165) is 11.8 Å². The number of rotatable bonds is 6. The summed E-state index contributed by atoms with van der Waals surface area (Å²) in [5, 5.41) is 2.73. The zero-order chi connectivity index (χ0) is 24.4. The number of hydrogen-bond acceptors (Lipinski definition) is 9. The first-order chi connectivity index (χ1) is 16.3. The zero-order valence-electron chi connectivity index (χ0n) is 18.2. The van der Waals surface area contributed by atoms with Crippen molar-refractivity contribution >= 4 is 63.6 Å². The number of nitrogens with one attached hydrogen (secondary N) is 1. The molecule has 0 aliphatic carbocycles. The van der Waals surface area contributed by atoms with Gasteiger partial charge in [-0.1, -0.05) is 36.1 Å². The van der Waals surface area contributed by atoms with Crippen LogP contribution in [0.3, 0.4) is 0 Å². The second-order valence-electron chi connectivity index (χ2n) is 7.44. The van der Waals surface area contributed by atoms with Gasteiger partial charge >= 0.3 is 5.97 Å². The van der Waals surface area contributed by atoms with E-state index >= 15 is 0 Å². The van der Waals surface area contributed by atoms with Crippen molar-refractivity contribution in [3.8, 4) is 0 Å². The largest absolute Gasteiger partial charge is 0.469 e. The molecule has 4 rings (SSSR count). The standard InChI is InChI=1S/C22H21N5O5S2/c1-3-8-27-21(31)15(34-22(27)33)11-13-18(24-16-6-4-5-9-26(16)20(13)30)25-10-7-23-19(29)14(25)12-17(28)32-2/h3-6,9,11,14H,1,7-8,10,12H2,2H3,(H,23,29)/b15-11-. The molecular weight excluding hydrogens is 478 g/mol. The molecule has 2 aliphatic heterocycles. The number of esters is 1. The maximum absolute atomic E-state index is 13.5. The second kappa shape index (κ2) is 9.77. The van der Waals surface area contributed by atoms with Crippen LogP contribution in [0.25, 0.3) is 11.7 Å². The number of methoxy groups -OCH3 is 1. The fourth-order valence-corrected chi connectivity index (χ4v) is 5.02. The molecule has 1 atom stereocenters. The molecular formula is C22H21N5O5S2. The average molecular weight is 500 g/mol. The highest BCUT2D eigenvalue weighted by Crippen LogP contribution is 2.34. The summed E-state index contributed by atoms with van der Waals surface area (Å²) in [6.45, 7) is 4.50. The normalized spacial score (nSPS) is 19.6. The fourth-order valence-electron chi connectivity index (χ4n) is 3.77. The Morgan fingerprint density at radius 2 is 2.18 bits per heavy atom. The lowest BCUT2D eigenvalue weighted by atomic mass is 10.1. The molecule has 1 N–H and O–H groups in total. The smallest absolute Gasteiger partial charge is 0.308 e. The Morgan fingerprint density at radius 3 is 2.91 bits per heavy atom. The summed E-state index contributed by atoms with van der Waals surface area (Å²) < 4.78 is 6.47. The van der Waals surface area contributed by atoms with Crippen LogP contribution < -0.4 is 15.8 Å². The van der Waals surface area contributed by atoms with E-state index in [2.05, 4.69) is 16.9 Å². The van der Waals surface area contributed by atoms with E-state index in [4.69, 9.17) is 17.0 Å². The Hall–Kier alpha value is -3.51. The summed E-state index contributed by atoms with van der Waals surface area (Å²) in [6.07, 6.45) is 4.37. The number of carbonyl (C=O) groups excluding carboxylic acids is 3. The minimum atomic E-state index is -0.929. The summed E-state index contributed by atoms with van der Waals surface area (Å²) in [5.41, 5.74) is 0.0615. The molecule has 2 aromatic rings. The second-order valence-corrected chi connectivity index (χ2v) is 9.12. The minimum absolute atomic E-state index is 0.118. The molecule has 12 heteroatoms. The lowest BCUT2D eigenvalue weighted by Gasteiger charge is -2.36. The van der Waals surface area contributed by atoms with Crippen LogP contribution in [0.4, 0.5) is 5.82 Å². The van der Waals surface area contributed by atoms with Gasteiger partial charge < -0.3 is 15.0 Å². The lowest BCUT2D eigenvalue weighted by molar-refractivity contribution is -0.143. The number of carbonyl (C=O) groups is 3. The number of anilines is 1. The SMILES string of the molecule is C=CCN1C(=O)/C(=C/c2c(N3CCNC(=O)C3CC(=O)OC)nc3ccccn3c2=O)SC1=S. The number of aromatic nitrogens is 2. The van der Waals surface area contributed by atoms with E-state index in [9.17, 15) is 19.2 Å². The van der Waals surface area contributed by atoms with E-state index in [1.165, 1.54) is 22.5 Å². The van der Waals surface area contributed by atoms with Gasteiger partial charge in [0.15, 0.2) is 0 Å². The number of thiocarbonyl (C=S) groups is 1. The molecule has 34 heavy (non-hydrogen) atoms. The predicted octanol–water partition coefficient (Wildman–Crippen LogP) is 0.950. The van der Waals surface area contributed by atoms with E-state index in [0.29, 0.717) is 23.1 Å². The molecule has 1 unspecified atom stereocenters. The monoisotopic (exact) mass is 499 g/mol. The van der Waals surface area contributed by atoms with Crippen molar-refractivity contribution in [2.45, 2.75) is 12.5 Å². The van der Waals surface area contributed by atoms with Crippen LogP contribution in [0, 0.1) is 0 Å². The summed E-state index contributed by atoms with van der Waals surface area (Å²) in [5.74, 6) is -1.10. The quantitative estimate of drug-likeness (QED) is 0.269. The van der Waals surface area contributed by atoms with E-state index < -0.39 is 17.6 Å². The van der Waals surface area contributed by atoms with Gasteiger partial charge in [0.1, 0.15) is 21.8 Å². The third-order valence-electron chi connectivity index (χ3n) is 5.40. The fraction of sp³-hybridized carbons (Fsp3) is 0.273. The number of thioether (sulfide) groups is 1. The van der Waals surface area contributed by atoms with Crippen molar-refractivity contribution in [2.75, 3.05) is 31.6 Å². The Morgan fingerprint density at radius 1 is 1.38 bits per heavy atom. The average Bonchev–Trinajstić information content (AvgIpc) is 3.09. The molecule has 4 heterocycles. The molecule has 0 spiro atoms. The summed E-state index contributed by atoms with van der Waals surface area (Å²) in [6, 6.07) is 4.16. The van der Waals surface area contributed by atoms with Crippen molar-refractivity contribution in [1.29, 1.82) is 0 Å². The highest BCUT2D eigenvalue weighted by Gasteiger charge is 2.36. The molecule has 10 nitrogen and oxygen atoms in total. The molecule has 0 radical (unpaired) electrons. The molecule has 0 saturated carbocycles. The molecule has 2 aliphatic rings. The number of ether oxygens (including phenoxy) is 1. The molecule has 176 valence electrons. The van der Waals surface area contributed by atoms with Crippen LogP contribution in [0.15, 0.2) is 46.8 Å². The van der Waals surface area contributed by atoms with Crippen molar-refractivity contribution in [3.05, 3.63) is 57.9 Å². The van der Waals surface area contributed by atoms with Crippen LogP contribution >= 0.6 is 24.0 Å². The molecule has 2 aromatic heterocycles. The van der Waals surface area contributed by atoms with Crippen LogP contribution in [-0.2, 0) is 19.1 Å². The van der Waals surface area contributed by atoms with Crippen LogP contribution in [0.5, 0.6) is 0 Å². The van der Waals surface area contributed by atoms with Gasteiger partial charge in [0.05, 0.1) is 24.0 Å². The first-order valence-electron chi connectivity index (χ1n) is 10.3. The molecule has 2 amide bonds. The van der Waals surface area contributed by atoms with Crippen LogP contribution in [0.2, 0.25) is 0 Å². The van der Waals surface area contributed by atoms with Crippen LogP contribution in [0.1, 0.15) is 12.0 Å². The number of nitrogens with zero attached hydrogens (tertiary/aromatic N) is 4. The highest BCUT2D eigenvalue weighted by molar-refractivity contribution is 8.26. The first-order valence-corrected chi connectivity index (χ1v) is 11.6. The van der Waals surface area contributed by atoms with E-state index in [-0.39, 0.29) is 41.1 Å². The van der Waals surface area contributed by atoms with Gasteiger partial charge in [-0.2, -0.15) is 0 Å². The number of pyridine rings is 1. The lowest BCUT2D eigenvalue weighted by Crippen LogP contribution is -2.57. The molecule has 0 aromatic carbocycles. The molecule has 2 fully saturated rings. The third kappa shape index (κ3) is 4.33. The third-order valence-corrected chi connectivity index (χ3v) is 6.78. The maximum Gasteiger partial charge on any atom is 0.308 e. The number of fused-ring (bicyclic) bond motifs is 1. The van der Waals surface area contributed by atoms with Crippen molar-refractivity contribution < 1.29 is 19.1 Å². The summed E-state index contributed by atoms with van der Waals surface area (Å²) >= 11 is 6.38. The van der Waals surface area contributed by atoms with Gasteiger partial charge in [-0.3, -0.25) is 28.5 Å². The summed E-state index contributed by atoms with van der Waals surface area (Å²) in [4.78, 5) is 59.0. The Labute approximate surface area is 204 Å². The number of amides is 2. The van der Waals surface area contributed by atoms with Crippen molar-refractivity contribution in [2.24, 2.45) is 0 Å². The number of piperazine rings is 1. The van der Waals surface area contributed by atoms with Gasteiger partial charge in [-0.25, -0.2) is 4.98 Å². The van der Waals surface area contributed by atoms with Gasteiger partial charge in [-0.05, 0) is 18.2 Å². The van der Waals surface area contributed by atoms with E-state index in [1.807, 2.05) is 0 Å². The van der Waals surface area contributed by atoms with Crippen molar-refractivity contribution in [3.63, 3.8) is 0 Å². The van der Waals surface area contributed by atoms with Gasteiger partial charge in [0, 0.05) is 25.8 Å². The Bertz CT molecular complexity index is 1300. The first kappa shape index (κ1) is 23.6. The molecule has 2 saturated heterocycles. The highest BCUT2D eigenvalue weighted by atomic mass is 32.2. The topological polar surface area (TPSA) is 113 Å². The Balaban J connectivity index is 1.89. The Kier molecular flexibility index (Phi) is 6.80. The van der Waals surface area contributed by atoms with Gasteiger partial charge in [0.25, 0.3) is 11.5 Å². The number of hydrogen-bond donors (Lipinski definition) is 1. The van der Waals surface area contributed by atoms with Gasteiger partial charge in [0.2, 0.25) is 5.91 Å². The van der Waals surface area contributed by atoms with Gasteiger partial charge in [-0.15, -0.1) is 6.58 Å². The molecule has 0 bridgehead atoms.